The third-order valence-corrected chi connectivity index (χ3v) is 3.99. The lowest BCUT2D eigenvalue weighted by Gasteiger charge is -2.11. The Balaban J connectivity index is 2.13. The molecule has 0 fully saturated rings. The van der Waals surface area contributed by atoms with Crippen LogP contribution in [0.1, 0.15) is 30.9 Å². The van der Waals surface area contributed by atoms with Gasteiger partial charge >= 0.3 is 11.7 Å². The van der Waals surface area contributed by atoms with Gasteiger partial charge in [-0.25, -0.2) is 10.2 Å². The number of benzene rings is 2. The van der Waals surface area contributed by atoms with Crippen molar-refractivity contribution in [3.05, 3.63) is 57.6 Å². The summed E-state index contributed by atoms with van der Waals surface area (Å²) in [6.45, 7) is 4.22. The number of ether oxygens (including phenoxy) is 2. The number of aryl methyl sites for hydroxylation is 1. The maximum atomic E-state index is 12.0. The number of nitrogens with zero attached hydrogens (tertiary/aromatic N) is 2. The van der Waals surface area contributed by atoms with E-state index in [1.807, 2.05) is 26.0 Å². The van der Waals surface area contributed by atoms with Crippen molar-refractivity contribution in [3.63, 3.8) is 0 Å². The van der Waals surface area contributed by atoms with Gasteiger partial charge < -0.3 is 14.8 Å². The third kappa shape index (κ3) is 6.20. The minimum atomic E-state index is -0.542. The number of nitro groups is 1. The normalized spacial score (nSPS) is 10.6. The highest BCUT2D eigenvalue weighted by atomic mass is 16.6. The summed E-state index contributed by atoms with van der Waals surface area (Å²) in [5.74, 6) is 0.300. The quantitative estimate of drug-likeness (QED) is 0.283. The number of anilines is 1. The molecule has 0 spiro atoms. The zero-order valence-corrected chi connectivity index (χ0v) is 16.6. The number of para-hydroxylation sites is 1. The molecule has 154 valence electrons. The highest BCUT2D eigenvalue weighted by molar-refractivity contribution is 5.91. The standard InChI is InChI=1S/C20H24N4O5/c1-4-5-10-29-19-17(24(26)27)11-15(12-18(19)28-3)13-21-23-20(25)22-16-9-7-6-8-14(16)2/h6-9,11-13H,4-5,10H2,1-3H3,(H2,22,23,25)/b21-13-. The van der Waals surface area contributed by atoms with E-state index in [9.17, 15) is 14.9 Å². The van der Waals surface area contributed by atoms with Crippen molar-refractivity contribution in [2.24, 2.45) is 5.10 Å². The number of urea groups is 1. The lowest BCUT2D eigenvalue weighted by Crippen LogP contribution is -2.24. The number of carbonyl (C=O) groups excluding carboxylic acids is 1. The average molecular weight is 400 g/mol. The number of hydrazone groups is 1. The first kappa shape index (κ1) is 21.7. The number of methoxy groups -OCH3 is 1. The van der Waals surface area contributed by atoms with Crippen molar-refractivity contribution in [3.8, 4) is 11.5 Å². The Labute approximate surface area is 168 Å². The van der Waals surface area contributed by atoms with Crippen LogP contribution in [0, 0.1) is 17.0 Å². The van der Waals surface area contributed by atoms with Gasteiger partial charge in [0.1, 0.15) is 0 Å². The molecule has 0 radical (unpaired) electrons. The second-order valence-electron chi connectivity index (χ2n) is 6.17. The van der Waals surface area contributed by atoms with Crippen LogP contribution in [0.3, 0.4) is 0 Å². The molecule has 2 aromatic rings. The molecule has 29 heavy (non-hydrogen) atoms. The van der Waals surface area contributed by atoms with Crippen LogP contribution in [0.25, 0.3) is 0 Å². The third-order valence-electron chi connectivity index (χ3n) is 3.99. The molecule has 0 saturated carbocycles. The molecule has 0 bridgehead atoms. The lowest BCUT2D eigenvalue weighted by atomic mass is 10.2. The molecule has 2 amide bonds. The van der Waals surface area contributed by atoms with Crippen LogP contribution in [0.4, 0.5) is 16.2 Å². The van der Waals surface area contributed by atoms with Gasteiger partial charge in [-0.05, 0) is 31.0 Å². The Morgan fingerprint density at radius 1 is 1.31 bits per heavy atom. The second-order valence-corrected chi connectivity index (χ2v) is 6.17. The van der Waals surface area contributed by atoms with E-state index in [0.29, 0.717) is 17.9 Å². The van der Waals surface area contributed by atoms with Gasteiger partial charge in [-0.1, -0.05) is 31.5 Å². The summed E-state index contributed by atoms with van der Waals surface area (Å²) in [7, 11) is 1.40. The monoisotopic (exact) mass is 400 g/mol. The molecule has 2 rings (SSSR count). The van der Waals surface area contributed by atoms with Crippen LogP contribution in [0.5, 0.6) is 11.5 Å². The first-order valence-corrected chi connectivity index (χ1v) is 9.11. The zero-order chi connectivity index (χ0) is 21.2. The number of carbonyl (C=O) groups is 1. The molecule has 9 nitrogen and oxygen atoms in total. The number of hydrogen-bond acceptors (Lipinski definition) is 6. The van der Waals surface area contributed by atoms with Crippen molar-refractivity contribution >= 4 is 23.6 Å². The van der Waals surface area contributed by atoms with E-state index < -0.39 is 11.0 Å². The molecule has 0 aliphatic rings. The Morgan fingerprint density at radius 3 is 2.72 bits per heavy atom. The fourth-order valence-corrected chi connectivity index (χ4v) is 2.46. The van der Waals surface area contributed by atoms with Gasteiger partial charge in [0.15, 0.2) is 5.75 Å². The van der Waals surface area contributed by atoms with Crippen LogP contribution in [-0.2, 0) is 0 Å². The van der Waals surface area contributed by atoms with Crippen molar-refractivity contribution in [2.45, 2.75) is 26.7 Å². The summed E-state index contributed by atoms with van der Waals surface area (Å²) in [5, 5.41) is 17.9. The summed E-state index contributed by atoms with van der Waals surface area (Å²) in [4.78, 5) is 22.9. The Kier molecular flexibility index (Phi) is 7.96. The predicted octanol–water partition coefficient (Wildman–Crippen LogP) is 4.25. The Morgan fingerprint density at radius 2 is 2.07 bits per heavy atom. The Hall–Kier alpha value is -3.62. The zero-order valence-electron chi connectivity index (χ0n) is 16.6. The Bertz CT molecular complexity index is 898. The summed E-state index contributed by atoms with van der Waals surface area (Å²) in [6.07, 6.45) is 2.96. The summed E-state index contributed by atoms with van der Waals surface area (Å²) in [6, 6.07) is 9.65. The topological polar surface area (TPSA) is 115 Å². The van der Waals surface area contributed by atoms with Gasteiger partial charge in [-0.3, -0.25) is 10.1 Å². The minimum absolute atomic E-state index is 0.0772. The van der Waals surface area contributed by atoms with E-state index >= 15 is 0 Å². The number of hydrogen-bond donors (Lipinski definition) is 2. The fourth-order valence-electron chi connectivity index (χ4n) is 2.46. The first-order valence-electron chi connectivity index (χ1n) is 9.11. The molecule has 9 heteroatoms. The van der Waals surface area contributed by atoms with Crippen LogP contribution in [0.15, 0.2) is 41.5 Å². The largest absolute Gasteiger partial charge is 0.493 e. The smallest absolute Gasteiger partial charge is 0.339 e. The second kappa shape index (κ2) is 10.6. The van der Waals surface area contributed by atoms with Crippen molar-refractivity contribution in [1.82, 2.24) is 5.43 Å². The maximum Gasteiger partial charge on any atom is 0.339 e. The van der Waals surface area contributed by atoms with Crippen molar-refractivity contribution in [2.75, 3.05) is 19.0 Å². The summed E-state index contributed by atoms with van der Waals surface area (Å²) < 4.78 is 10.8. The predicted molar refractivity (Wildman–Crippen MR) is 111 cm³/mol. The van der Waals surface area contributed by atoms with Gasteiger partial charge in [-0.15, -0.1) is 0 Å². The number of unbranched alkanes of at least 4 members (excludes halogenated alkanes) is 1. The van der Waals surface area contributed by atoms with Gasteiger partial charge in [0.2, 0.25) is 5.75 Å². The molecule has 0 atom stereocenters. The molecule has 0 heterocycles. The SMILES string of the molecule is CCCCOc1c(OC)cc(/C=N\NC(=O)Nc2ccccc2C)cc1[N+](=O)[O-]. The number of nitro benzene ring substituents is 1. The van der Waals surface area contributed by atoms with Crippen LogP contribution < -0.4 is 20.2 Å². The molecule has 0 unspecified atom stereocenters. The lowest BCUT2D eigenvalue weighted by molar-refractivity contribution is -0.386. The highest BCUT2D eigenvalue weighted by Crippen LogP contribution is 2.38. The molecule has 0 aromatic heterocycles. The van der Waals surface area contributed by atoms with Gasteiger partial charge in [0, 0.05) is 17.3 Å². The average Bonchev–Trinajstić information content (AvgIpc) is 2.70. The summed E-state index contributed by atoms with van der Waals surface area (Å²) >= 11 is 0. The van der Waals surface area contributed by atoms with Crippen molar-refractivity contribution < 1.29 is 19.2 Å². The molecule has 0 aliphatic heterocycles. The number of nitrogens with one attached hydrogen (secondary N) is 2. The molecule has 0 saturated heterocycles. The van der Waals surface area contributed by atoms with Gasteiger partial charge in [0.25, 0.3) is 0 Å². The highest BCUT2D eigenvalue weighted by Gasteiger charge is 2.22. The number of amides is 2. The molecule has 2 N–H and O–H groups in total. The van der Waals surface area contributed by atoms with E-state index in [-0.39, 0.29) is 17.2 Å². The van der Waals surface area contributed by atoms with Crippen LogP contribution >= 0.6 is 0 Å². The minimum Gasteiger partial charge on any atom is -0.493 e. The van der Waals surface area contributed by atoms with Gasteiger partial charge in [0.05, 0.1) is 24.9 Å². The van der Waals surface area contributed by atoms with E-state index in [2.05, 4.69) is 15.8 Å². The van der Waals surface area contributed by atoms with E-state index in [0.717, 1.165) is 18.4 Å². The van der Waals surface area contributed by atoms with E-state index in [1.54, 1.807) is 18.2 Å². The fraction of sp³-hybridized carbons (Fsp3) is 0.300. The molecule has 2 aromatic carbocycles. The molecular formula is C20H24N4O5. The van der Waals surface area contributed by atoms with Gasteiger partial charge in [-0.2, -0.15) is 5.10 Å². The summed E-state index contributed by atoms with van der Waals surface area (Å²) in [5.41, 5.74) is 4.05. The van der Waals surface area contributed by atoms with E-state index in [1.165, 1.54) is 19.4 Å². The van der Waals surface area contributed by atoms with Crippen LogP contribution in [0.2, 0.25) is 0 Å². The molecule has 0 aliphatic carbocycles. The number of rotatable bonds is 9. The van der Waals surface area contributed by atoms with Crippen molar-refractivity contribution in [1.29, 1.82) is 0 Å². The molecular weight excluding hydrogens is 376 g/mol. The maximum absolute atomic E-state index is 12.0. The van der Waals surface area contributed by atoms with E-state index in [4.69, 9.17) is 9.47 Å². The first-order chi connectivity index (χ1) is 14.0. The van der Waals surface area contributed by atoms with Crippen LogP contribution in [-0.4, -0.2) is 30.9 Å².